The summed E-state index contributed by atoms with van der Waals surface area (Å²) in [5.41, 5.74) is 7.06. The van der Waals surface area contributed by atoms with Crippen molar-refractivity contribution in [1.82, 2.24) is 0 Å². The molecule has 4 heteroatoms. The van der Waals surface area contributed by atoms with Gasteiger partial charge in [-0.05, 0) is 30.7 Å². The molecule has 1 aromatic carbocycles. The highest BCUT2D eigenvalue weighted by molar-refractivity contribution is 7.85. The van der Waals surface area contributed by atoms with Gasteiger partial charge in [-0.3, -0.25) is 4.21 Å². The highest BCUT2D eigenvalue weighted by Crippen LogP contribution is 2.16. The van der Waals surface area contributed by atoms with Crippen LogP contribution in [-0.4, -0.2) is 9.96 Å². The topological polar surface area (TPSA) is 66.9 Å². The molecule has 0 heterocycles. The average Bonchev–Trinajstić information content (AvgIpc) is 2.04. The van der Waals surface area contributed by atoms with Crippen LogP contribution in [0.1, 0.15) is 5.56 Å². The minimum atomic E-state index is -1.22. The van der Waals surface area contributed by atoms with Gasteiger partial charge in [0.05, 0.1) is 16.9 Å². The molecule has 1 aromatic rings. The van der Waals surface area contributed by atoms with Crippen molar-refractivity contribution in [2.75, 3.05) is 11.5 Å². The van der Waals surface area contributed by atoms with Crippen molar-refractivity contribution in [3.8, 4) is 6.07 Å². The summed E-state index contributed by atoms with van der Waals surface area (Å²) < 4.78 is 11.4. The molecule has 1 unspecified atom stereocenters. The first-order valence-corrected chi connectivity index (χ1v) is 5.08. The van der Waals surface area contributed by atoms with Crippen molar-refractivity contribution in [3.63, 3.8) is 0 Å². The van der Waals surface area contributed by atoms with E-state index >= 15 is 0 Å². The molecule has 0 aliphatic rings. The molecule has 2 N–H and O–H groups in total. The number of hydrogen-bond donors (Lipinski definition) is 1. The molecule has 0 fully saturated rings. The van der Waals surface area contributed by atoms with Crippen LogP contribution in [0.25, 0.3) is 0 Å². The van der Waals surface area contributed by atoms with Crippen molar-refractivity contribution in [3.05, 3.63) is 23.8 Å². The fraction of sp³-hybridized carbons (Fsp3) is 0.222. The van der Waals surface area contributed by atoms with Gasteiger partial charge in [-0.25, -0.2) is 0 Å². The van der Waals surface area contributed by atoms with Gasteiger partial charge in [-0.2, -0.15) is 5.26 Å². The molecule has 0 aliphatic carbocycles. The molecule has 1 rings (SSSR count). The Morgan fingerprint density at radius 3 is 2.85 bits per heavy atom. The Bertz CT molecular complexity index is 382. The maximum Gasteiger partial charge on any atom is 0.115 e. The Balaban J connectivity index is 3.03. The van der Waals surface area contributed by atoms with E-state index in [1.807, 2.05) is 13.0 Å². The molecule has 3 nitrogen and oxygen atoms in total. The standard InChI is InChI=1S/C9H10N2OS/c1-7-6-8(11)2-3-9(7)13(12)5-4-10/h2-3,6H,5,11H2,1H3. The Kier molecular flexibility index (Phi) is 3.04. The molecule has 0 saturated carbocycles. The van der Waals surface area contributed by atoms with Gasteiger partial charge in [0, 0.05) is 10.6 Å². The fourth-order valence-corrected chi connectivity index (χ4v) is 1.98. The molecule has 0 amide bonds. The summed E-state index contributed by atoms with van der Waals surface area (Å²) in [6.07, 6.45) is 0. The minimum Gasteiger partial charge on any atom is -0.399 e. The number of rotatable bonds is 2. The first kappa shape index (κ1) is 9.75. The van der Waals surface area contributed by atoms with E-state index in [-0.39, 0.29) is 5.75 Å². The second-order valence-electron chi connectivity index (χ2n) is 2.67. The van der Waals surface area contributed by atoms with E-state index in [2.05, 4.69) is 0 Å². The zero-order chi connectivity index (χ0) is 9.84. The molecular formula is C9H10N2OS. The molecule has 0 aliphatic heterocycles. The van der Waals surface area contributed by atoms with Crippen LogP contribution < -0.4 is 5.73 Å². The summed E-state index contributed by atoms with van der Waals surface area (Å²) in [7, 11) is -1.22. The van der Waals surface area contributed by atoms with Gasteiger partial charge in [-0.1, -0.05) is 0 Å². The lowest BCUT2D eigenvalue weighted by molar-refractivity contribution is 0.685. The number of hydrogen-bond acceptors (Lipinski definition) is 3. The summed E-state index contributed by atoms with van der Waals surface area (Å²) in [4.78, 5) is 0.691. The van der Waals surface area contributed by atoms with Gasteiger partial charge in [-0.15, -0.1) is 0 Å². The summed E-state index contributed by atoms with van der Waals surface area (Å²) >= 11 is 0. The number of nitrogen functional groups attached to an aromatic ring is 1. The number of benzene rings is 1. The molecule has 0 radical (unpaired) electrons. The molecule has 13 heavy (non-hydrogen) atoms. The Morgan fingerprint density at radius 1 is 1.62 bits per heavy atom. The van der Waals surface area contributed by atoms with Crippen LogP contribution >= 0.6 is 0 Å². The lowest BCUT2D eigenvalue weighted by Gasteiger charge is -2.03. The van der Waals surface area contributed by atoms with Gasteiger partial charge in [0.25, 0.3) is 0 Å². The Morgan fingerprint density at radius 2 is 2.31 bits per heavy atom. The van der Waals surface area contributed by atoms with Crippen LogP contribution in [0.5, 0.6) is 0 Å². The SMILES string of the molecule is Cc1cc(N)ccc1S(=O)CC#N. The number of nitrogens with two attached hydrogens (primary N) is 1. The lowest BCUT2D eigenvalue weighted by Crippen LogP contribution is -1.99. The third-order valence-corrected chi connectivity index (χ3v) is 2.98. The summed E-state index contributed by atoms with van der Waals surface area (Å²) in [6.45, 7) is 1.83. The number of nitriles is 1. The predicted octanol–water partition coefficient (Wildman–Crippen LogP) is 1.21. The number of aryl methyl sites for hydroxylation is 1. The van der Waals surface area contributed by atoms with Crippen molar-refractivity contribution in [1.29, 1.82) is 5.26 Å². The molecule has 0 saturated heterocycles. The van der Waals surface area contributed by atoms with Crippen molar-refractivity contribution < 1.29 is 4.21 Å². The van der Waals surface area contributed by atoms with Crippen LogP contribution in [-0.2, 0) is 10.8 Å². The predicted molar refractivity (Wildman–Crippen MR) is 52.5 cm³/mol. The second-order valence-corrected chi connectivity index (χ2v) is 4.09. The van der Waals surface area contributed by atoms with Crippen molar-refractivity contribution in [2.24, 2.45) is 0 Å². The maximum atomic E-state index is 11.4. The Hall–Kier alpha value is -1.34. The van der Waals surface area contributed by atoms with E-state index in [4.69, 9.17) is 11.0 Å². The molecule has 0 aromatic heterocycles. The molecule has 1 atom stereocenters. The highest BCUT2D eigenvalue weighted by Gasteiger charge is 2.06. The minimum absolute atomic E-state index is 0.0325. The normalized spacial score (nSPS) is 12.0. The van der Waals surface area contributed by atoms with Gasteiger partial charge in [0.2, 0.25) is 0 Å². The molecule has 68 valence electrons. The van der Waals surface area contributed by atoms with Crippen LogP contribution in [0, 0.1) is 18.3 Å². The molecule has 0 spiro atoms. The number of anilines is 1. The van der Waals surface area contributed by atoms with Crippen LogP contribution in [0.2, 0.25) is 0 Å². The van der Waals surface area contributed by atoms with E-state index in [1.54, 1.807) is 18.2 Å². The van der Waals surface area contributed by atoms with E-state index < -0.39 is 10.8 Å². The summed E-state index contributed by atoms with van der Waals surface area (Å²) in [6, 6.07) is 7.03. The van der Waals surface area contributed by atoms with E-state index in [0.29, 0.717) is 10.6 Å². The monoisotopic (exact) mass is 194 g/mol. The molecule has 0 bridgehead atoms. The second kappa shape index (κ2) is 4.06. The first-order valence-electron chi connectivity index (χ1n) is 3.76. The van der Waals surface area contributed by atoms with E-state index in [9.17, 15) is 4.21 Å². The third-order valence-electron chi connectivity index (χ3n) is 1.64. The van der Waals surface area contributed by atoms with Crippen molar-refractivity contribution >= 4 is 16.5 Å². The van der Waals surface area contributed by atoms with E-state index in [1.165, 1.54) is 0 Å². The number of nitrogens with zero attached hydrogens (tertiary/aromatic N) is 1. The fourth-order valence-electron chi connectivity index (χ4n) is 1.06. The third kappa shape index (κ3) is 2.30. The van der Waals surface area contributed by atoms with Crippen LogP contribution in [0.3, 0.4) is 0 Å². The zero-order valence-electron chi connectivity index (χ0n) is 7.28. The van der Waals surface area contributed by atoms with Crippen LogP contribution in [0.15, 0.2) is 23.1 Å². The zero-order valence-corrected chi connectivity index (χ0v) is 8.10. The smallest absolute Gasteiger partial charge is 0.115 e. The highest BCUT2D eigenvalue weighted by atomic mass is 32.2. The molecular weight excluding hydrogens is 184 g/mol. The van der Waals surface area contributed by atoms with Gasteiger partial charge in [0.15, 0.2) is 0 Å². The summed E-state index contributed by atoms with van der Waals surface area (Å²) in [5, 5.41) is 8.38. The van der Waals surface area contributed by atoms with Gasteiger partial charge in [0.1, 0.15) is 5.75 Å². The quantitative estimate of drug-likeness (QED) is 0.719. The lowest BCUT2D eigenvalue weighted by atomic mass is 10.2. The van der Waals surface area contributed by atoms with Crippen LogP contribution in [0.4, 0.5) is 5.69 Å². The average molecular weight is 194 g/mol. The summed E-state index contributed by atoms with van der Waals surface area (Å²) in [5.74, 6) is 0.0325. The van der Waals surface area contributed by atoms with Gasteiger partial charge >= 0.3 is 0 Å². The first-order chi connectivity index (χ1) is 6.15. The Labute approximate surface area is 79.6 Å². The largest absolute Gasteiger partial charge is 0.399 e. The van der Waals surface area contributed by atoms with Crippen molar-refractivity contribution in [2.45, 2.75) is 11.8 Å². The van der Waals surface area contributed by atoms with E-state index in [0.717, 1.165) is 5.56 Å². The van der Waals surface area contributed by atoms with Gasteiger partial charge < -0.3 is 5.73 Å². The maximum absolute atomic E-state index is 11.4.